The van der Waals surface area contributed by atoms with Crippen LogP contribution in [0.5, 0.6) is 5.75 Å². The Kier molecular flexibility index (Phi) is 8.82. The third-order valence-electron chi connectivity index (χ3n) is 6.66. The number of amides is 1. The Morgan fingerprint density at radius 1 is 0.705 bits per heavy atom. The summed E-state index contributed by atoms with van der Waals surface area (Å²) < 4.78 is 117. The molecule has 4 rings (SSSR count). The van der Waals surface area contributed by atoms with E-state index in [0.29, 0.717) is 35.6 Å². The molecule has 1 amide bonds. The second-order valence-corrected chi connectivity index (χ2v) is 11.2. The van der Waals surface area contributed by atoms with Crippen molar-refractivity contribution in [3.8, 4) is 5.75 Å². The molecule has 0 fully saturated rings. The van der Waals surface area contributed by atoms with Gasteiger partial charge in [-0.25, -0.2) is 8.78 Å². The summed E-state index contributed by atoms with van der Waals surface area (Å²) in [5.41, 5.74) is -5.89. The lowest BCUT2D eigenvalue weighted by Crippen LogP contribution is -2.49. The minimum absolute atomic E-state index is 0.174. The molecule has 0 bridgehead atoms. The van der Waals surface area contributed by atoms with Gasteiger partial charge in [0.1, 0.15) is 23.0 Å². The van der Waals surface area contributed by atoms with Crippen LogP contribution in [0.15, 0.2) is 91.0 Å². The molecule has 4 aromatic carbocycles. The number of nitrogens with one attached hydrogen (secondary N) is 1. The predicted octanol–water partition coefficient (Wildman–Crippen LogP) is 9.10. The van der Waals surface area contributed by atoms with Crippen molar-refractivity contribution in [2.75, 3.05) is 0 Å². The molecule has 0 heterocycles. The summed E-state index contributed by atoms with van der Waals surface area (Å²) in [5.74, 6) is -3.65. The molecule has 1 atom stereocenters. The van der Waals surface area contributed by atoms with E-state index in [-0.39, 0.29) is 17.5 Å². The molecule has 0 aromatic heterocycles. The average molecular weight is 622 g/mol. The number of benzene rings is 4. The number of hydrogen-bond donors (Lipinski definition) is 1. The summed E-state index contributed by atoms with van der Waals surface area (Å²) in [4.78, 5) is 13.7. The first-order chi connectivity index (χ1) is 20.4. The van der Waals surface area contributed by atoms with Gasteiger partial charge in [0.15, 0.2) is 0 Å². The van der Waals surface area contributed by atoms with Crippen molar-refractivity contribution in [1.82, 2.24) is 5.32 Å². The van der Waals surface area contributed by atoms with E-state index in [2.05, 4.69) is 5.32 Å². The fourth-order valence-electron chi connectivity index (χ4n) is 4.77. The number of alkyl halides is 6. The molecule has 44 heavy (non-hydrogen) atoms. The van der Waals surface area contributed by atoms with Gasteiger partial charge >= 0.3 is 12.4 Å². The van der Waals surface area contributed by atoms with Gasteiger partial charge < -0.3 is 10.1 Å². The molecular weight excluding hydrogens is 594 g/mol. The van der Waals surface area contributed by atoms with E-state index in [0.717, 1.165) is 12.1 Å². The SMILES string of the molecule is CC(C)(C)Oc1ccc(C(Cc2ccccc2)(NC(=O)c2ccc(F)c(C(F)(F)F)c2)c2cc(F)cc(C(F)(F)F)c2)cc1. The maximum absolute atomic E-state index is 14.9. The molecule has 0 spiro atoms. The van der Waals surface area contributed by atoms with E-state index in [1.54, 1.807) is 51.1 Å². The maximum Gasteiger partial charge on any atom is 0.419 e. The van der Waals surface area contributed by atoms with Gasteiger partial charge in [-0.15, -0.1) is 0 Å². The molecule has 0 aliphatic carbocycles. The fourth-order valence-corrected chi connectivity index (χ4v) is 4.77. The Morgan fingerprint density at radius 2 is 1.32 bits per heavy atom. The monoisotopic (exact) mass is 621 g/mol. The van der Waals surface area contributed by atoms with E-state index in [9.17, 15) is 39.9 Å². The molecule has 11 heteroatoms. The number of carbonyl (C=O) groups excluding carboxylic acids is 1. The topological polar surface area (TPSA) is 38.3 Å². The number of ether oxygens (including phenoxy) is 1. The Morgan fingerprint density at radius 3 is 1.89 bits per heavy atom. The molecule has 1 N–H and O–H groups in total. The highest BCUT2D eigenvalue weighted by atomic mass is 19.4. The van der Waals surface area contributed by atoms with Crippen molar-refractivity contribution < 1.29 is 44.7 Å². The lowest BCUT2D eigenvalue weighted by Gasteiger charge is -2.37. The van der Waals surface area contributed by atoms with Gasteiger partial charge in [0.05, 0.1) is 16.7 Å². The third kappa shape index (κ3) is 7.56. The minimum Gasteiger partial charge on any atom is -0.488 e. The van der Waals surface area contributed by atoms with Crippen LogP contribution in [0.25, 0.3) is 0 Å². The zero-order chi connectivity index (χ0) is 32.5. The van der Waals surface area contributed by atoms with Crippen LogP contribution in [0, 0.1) is 11.6 Å². The van der Waals surface area contributed by atoms with Crippen LogP contribution >= 0.6 is 0 Å². The zero-order valence-electron chi connectivity index (χ0n) is 23.7. The van der Waals surface area contributed by atoms with Crippen molar-refractivity contribution in [3.05, 3.63) is 136 Å². The average Bonchev–Trinajstić information content (AvgIpc) is 2.91. The number of hydrogen-bond acceptors (Lipinski definition) is 2. The van der Waals surface area contributed by atoms with Crippen LogP contribution in [0.1, 0.15) is 58.9 Å². The lowest BCUT2D eigenvalue weighted by atomic mass is 9.77. The van der Waals surface area contributed by atoms with Gasteiger partial charge in [-0.1, -0.05) is 42.5 Å². The summed E-state index contributed by atoms with van der Waals surface area (Å²) in [7, 11) is 0. The molecule has 0 saturated heterocycles. The quantitative estimate of drug-likeness (QED) is 0.209. The summed E-state index contributed by atoms with van der Waals surface area (Å²) in [6.07, 6.45) is -10.3. The smallest absolute Gasteiger partial charge is 0.419 e. The zero-order valence-corrected chi connectivity index (χ0v) is 23.7. The second kappa shape index (κ2) is 11.9. The Labute approximate surface area is 248 Å². The van der Waals surface area contributed by atoms with E-state index in [1.165, 1.54) is 24.3 Å². The standard InChI is InChI=1S/C33H27F8NO2/c1-30(2,3)44-26-12-10-22(11-13-26)31(19-20-7-5-4-6-8-20,23-16-24(32(36,37)38)18-25(34)17-23)42-29(43)21-9-14-28(35)27(15-21)33(39,40)41/h4-18H,19H2,1-3H3,(H,42,43). The van der Waals surface area contributed by atoms with Crippen LogP contribution in [0.4, 0.5) is 35.1 Å². The normalized spacial score (nSPS) is 13.7. The summed E-state index contributed by atoms with van der Waals surface area (Å²) >= 11 is 0. The first-order valence-electron chi connectivity index (χ1n) is 13.3. The second-order valence-electron chi connectivity index (χ2n) is 11.2. The van der Waals surface area contributed by atoms with Crippen molar-refractivity contribution in [2.45, 2.75) is 50.7 Å². The van der Waals surface area contributed by atoms with Gasteiger partial charge in [-0.05, 0) is 86.0 Å². The Balaban J connectivity index is 1.98. The molecule has 0 aliphatic rings. The fraction of sp³-hybridized carbons (Fsp3) is 0.242. The van der Waals surface area contributed by atoms with Gasteiger partial charge in [0.25, 0.3) is 5.91 Å². The highest BCUT2D eigenvalue weighted by molar-refractivity contribution is 5.95. The number of rotatable bonds is 7. The van der Waals surface area contributed by atoms with Gasteiger partial charge in [0, 0.05) is 12.0 Å². The maximum atomic E-state index is 14.9. The van der Waals surface area contributed by atoms with Crippen LogP contribution in [0.3, 0.4) is 0 Å². The van der Waals surface area contributed by atoms with Crippen LogP contribution in [-0.4, -0.2) is 11.5 Å². The Hall–Kier alpha value is -4.41. The first-order valence-corrected chi connectivity index (χ1v) is 13.3. The van der Waals surface area contributed by atoms with Gasteiger partial charge in [0.2, 0.25) is 0 Å². The highest BCUT2D eigenvalue weighted by Gasteiger charge is 2.41. The van der Waals surface area contributed by atoms with E-state index >= 15 is 0 Å². The molecule has 0 aliphatic heterocycles. The highest BCUT2D eigenvalue weighted by Crippen LogP contribution is 2.40. The van der Waals surface area contributed by atoms with Crippen molar-refractivity contribution >= 4 is 5.91 Å². The van der Waals surface area contributed by atoms with E-state index in [1.807, 2.05) is 0 Å². The molecule has 232 valence electrons. The van der Waals surface area contributed by atoms with Gasteiger partial charge in [-0.3, -0.25) is 4.79 Å². The van der Waals surface area contributed by atoms with E-state index in [4.69, 9.17) is 4.74 Å². The van der Waals surface area contributed by atoms with Gasteiger partial charge in [-0.2, -0.15) is 26.3 Å². The Bertz CT molecular complexity index is 1630. The molecule has 0 radical (unpaired) electrons. The van der Waals surface area contributed by atoms with Crippen molar-refractivity contribution in [3.63, 3.8) is 0 Å². The van der Waals surface area contributed by atoms with Crippen LogP contribution in [-0.2, 0) is 24.3 Å². The lowest BCUT2D eigenvalue weighted by molar-refractivity contribution is -0.140. The first kappa shape index (κ1) is 32.5. The molecule has 4 aromatic rings. The van der Waals surface area contributed by atoms with Crippen molar-refractivity contribution in [1.29, 1.82) is 0 Å². The predicted molar refractivity (Wildman–Crippen MR) is 148 cm³/mol. The minimum atomic E-state index is -5.13. The molecule has 1 unspecified atom stereocenters. The summed E-state index contributed by atoms with van der Waals surface area (Å²) in [6, 6.07) is 17.6. The van der Waals surface area contributed by atoms with Crippen LogP contribution < -0.4 is 10.1 Å². The third-order valence-corrected chi connectivity index (χ3v) is 6.66. The molecule has 0 saturated carbocycles. The largest absolute Gasteiger partial charge is 0.488 e. The van der Waals surface area contributed by atoms with E-state index < -0.39 is 57.7 Å². The molecule has 3 nitrogen and oxygen atoms in total. The summed E-state index contributed by atoms with van der Waals surface area (Å²) in [5, 5.41) is 2.60. The van der Waals surface area contributed by atoms with Crippen molar-refractivity contribution in [2.24, 2.45) is 0 Å². The summed E-state index contributed by atoms with van der Waals surface area (Å²) in [6.45, 7) is 5.39. The number of carbonyl (C=O) groups is 1. The molecular formula is C33H27F8NO2. The number of halogens is 8. The van der Waals surface area contributed by atoms with Crippen LogP contribution in [0.2, 0.25) is 0 Å².